The molecule has 2 heterocycles. The first kappa shape index (κ1) is 26.1. The van der Waals surface area contributed by atoms with Crippen LogP contribution >= 0.6 is 0 Å². The average Bonchev–Trinajstić information content (AvgIpc) is 2.97. The molecule has 0 aromatic heterocycles. The zero-order chi connectivity index (χ0) is 29.4. The van der Waals surface area contributed by atoms with Crippen molar-refractivity contribution in [1.29, 1.82) is 5.26 Å². The Balaban J connectivity index is 1.48. The predicted molar refractivity (Wildman–Crippen MR) is 174 cm³/mol. The van der Waals surface area contributed by atoms with Crippen LogP contribution in [-0.2, 0) is 10.8 Å². The van der Waals surface area contributed by atoms with Gasteiger partial charge in [-0.1, -0.05) is 70.2 Å². The Morgan fingerprint density at radius 3 is 1.81 bits per heavy atom. The molecule has 7 rings (SSSR count). The molecule has 0 radical (unpaired) electrons. The summed E-state index contributed by atoms with van der Waals surface area (Å²) in [5.41, 5.74) is 15.2. The number of aryl methyl sites for hydroxylation is 2. The Morgan fingerprint density at radius 1 is 0.571 bits per heavy atom. The zero-order valence-corrected chi connectivity index (χ0v) is 25.2. The van der Waals surface area contributed by atoms with Crippen LogP contribution in [0.2, 0.25) is 0 Å². The topological polar surface area (TPSA) is 30.3 Å². The Morgan fingerprint density at radius 2 is 1.14 bits per heavy atom. The third-order valence-corrected chi connectivity index (χ3v) is 9.30. The summed E-state index contributed by atoms with van der Waals surface area (Å²) in [5.74, 6) is 0. The van der Waals surface area contributed by atoms with Crippen LogP contribution in [0.5, 0.6) is 0 Å². The van der Waals surface area contributed by atoms with Crippen LogP contribution in [0.25, 0.3) is 0 Å². The first-order valence-electron chi connectivity index (χ1n) is 14.7. The number of anilines is 6. The van der Waals surface area contributed by atoms with Gasteiger partial charge in [-0.25, -0.2) is 0 Å². The highest BCUT2D eigenvalue weighted by Gasteiger charge is 2.45. The van der Waals surface area contributed by atoms with Crippen LogP contribution in [0.4, 0.5) is 34.1 Å². The molecule has 2 aliphatic heterocycles. The maximum Gasteiger partial charge on any atom is 0.0991 e. The van der Waals surface area contributed by atoms with Crippen molar-refractivity contribution in [3.05, 3.63) is 142 Å². The van der Waals surface area contributed by atoms with Gasteiger partial charge in [0, 0.05) is 27.9 Å². The van der Waals surface area contributed by atoms with Gasteiger partial charge in [0.2, 0.25) is 0 Å². The van der Waals surface area contributed by atoms with E-state index in [1.54, 1.807) is 0 Å². The Bertz CT molecular complexity index is 1900. The van der Waals surface area contributed by atoms with E-state index < -0.39 is 0 Å². The number of hydrogen-bond acceptors (Lipinski definition) is 3. The number of fused-ring (bicyclic) bond motifs is 4. The van der Waals surface area contributed by atoms with E-state index in [1.165, 1.54) is 50.4 Å². The SMILES string of the molecule is Cc1cc(C)cc(N(c2ccc(C#N)cc2)c2ccc3c(c2)C(C)(C)c2cccc4c2N3c2ccccc2C4(C)C)c1. The molecule has 206 valence electrons. The normalized spacial score (nSPS) is 15.2. The molecule has 5 aromatic carbocycles. The summed E-state index contributed by atoms with van der Waals surface area (Å²) in [5, 5.41) is 9.45. The van der Waals surface area contributed by atoms with Crippen molar-refractivity contribution in [3.8, 4) is 6.07 Å². The summed E-state index contributed by atoms with van der Waals surface area (Å²) < 4.78 is 0. The number of rotatable bonds is 3. The maximum absolute atomic E-state index is 9.45. The molecule has 0 fully saturated rings. The van der Waals surface area contributed by atoms with Crippen molar-refractivity contribution in [2.45, 2.75) is 52.4 Å². The van der Waals surface area contributed by atoms with Gasteiger partial charge in [0.15, 0.2) is 0 Å². The van der Waals surface area contributed by atoms with Gasteiger partial charge in [-0.3, -0.25) is 0 Å². The molecule has 42 heavy (non-hydrogen) atoms. The zero-order valence-electron chi connectivity index (χ0n) is 25.2. The molecule has 0 amide bonds. The maximum atomic E-state index is 9.45. The Kier molecular flexibility index (Phi) is 5.66. The summed E-state index contributed by atoms with van der Waals surface area (Å²) in [6.07, 6.45) is 0. The molecule has 0 atom stereocenters. The van der Waals surface area contributed by atoms with Gasteiger partial charge in [0.25, 0.3) is 0 Å². The van der Waals surface area contributed by atoms with Gasteiger partial charge in [-0.15, -0.1) is 0 Å². The minimum absolute atomic E-state index is 0.0959. The summed E-state index contributed by atoms with van der Waals surface area (Å²) >= 11 is 0. The largest absolute Gasteiger partial charge is 0.310 e. The van der Waals surface area contributed by atoms with E-state index in [4.69, 9.17) is 0 Å². The molecule has 0 saturated carbocycles. The molecule has 0 spiro atoms. The van der Waals surface area contributed by atoms with E-state index in [0.717, 1.165) is 17.1 Å². The second-order valence-corrected chi connectivity index (χ2v) is 12.8. The molecule has 0 saturated heterocycles. The average molecular weight is 546 g/mol. The Labute approximate surface area is 249 Å². The van der Waals surface area contributed by atoms with Crippen molar-refractivity contribution in [2.24, 2.45) is 0 Å². The van der Waals surface area contributed by atoms with Crippen molar-refractivity contribution in [1.82, 2.24) is 0 Å². The smallest absolute Gasteiger partial charge is 0.0991 e. The number of nitrogens with zero attached hydrogens (tertiary/aromatic N) is 3. The van der Waals surface area contributed by atoms with Crippen molar-refractivity contribution < 1.29 is 0 Å². The van der Waals surface area contributed by atoms with Crippen LogP contribution < -0.4 is 9.80 Å². The van der Waals surface area contributed by atoms with Crippen LogP contribution in [0.1, 0.15) is 66.6 Å². The van der Waals surface area contributed by atoms with Gasteiger partial charge >= 0.3 is 0 Å². The monoisotopic (exact) mass is 545 g/mol. The summed E-state index contributed by atoms with van der Waals surface area (Å²) in [7, 11) is 0. The Hall–Kier alpha value is -4.81. The van der Waals surface area contributed by atoms with E-state index in [-0.39, 0.29) is 10.8 Å². The molecule has 3 nitrogen and oxygen atoms in total. The summed E-state index contributed by atoms with van der Waals surface area (Å²) in [6.45, 7) is 13.7. The first-order valence-corrected chi connectivity index (χ1v) is 14.7. The molecule has 0 unspecified atom stereocenters. The van der Waals surface area contributed by atoms with Crippen LogP contribution in [0, 0.1) is 25.2 Å². The molecule has 0 N–H and O–H groups in total. The first-order chi connectivity index (χ1) is 20.1. The molecule has 0 aliphatic carbocycles. The van der Waals surface area contributed by atoms with Crippen LogP contribution in [0.3, 0.4) is 0 Å². The van der Waals surface area contributed by atoms with Crippen LogP contribution in [0.15, 0.2) is 103 Å². The fourth-order valence-electron chi connectivity index (χ4n) is 7.22. The summed E-state index contributed by atoms with van der Waals surface area (Å²) in [4.78, 5) is 4.81. The molecule has 3 heteroatoms. The highest BCUT2D eigenvalue weighted by Crippen LogP contribution is 2.60. The molecule has 2 aliphatic rings. The highest BCUT2D eigenvalue weighted by atomic mass is 15.2. The minimum atomic E-state index is -0.214. The lowest BCUT2D eigenvalue weighted by Crippen LogP contribution is -2.38. The third kappa shape index (κ3) is 3.72. The molecular formula is C39H35N3. The predicted octanol–water partition coefficient (Wildman–Crippen LogP) is 10.4. The highest BCUT2D eigenvalue weighted by molar-refractivity contribution is 5.94. The van der Waals surface area contributed by atoms with Crippen molar-refractivity contribution >= 4 is 34.1 Å². The van der Waals surface area contributed by atoms with Gasteiger partial charge in [0.05, 0.1) is 28.7 Å². The number of para-hydroxylation sites is 2. The summed E-state index contributed by atoms with van der Waals surface area (Å²) in [6, 6.07) is 39.5. The molecular weight excluding hydrogens is 510 g/mol. The van der Waals surface area contributed by atoms with E-state index in [0.29, 0.717) is 5.56 Å². The van der Waals surface area contributed by atoms with Crippen molar-refractivity contribution in [2.75, 3.05) is 9.80 Å². The van der Waals surface area contributed by atoms with Gasteiger partial charge < -0.3 is 9.80 Å². The lowest BCUT2D eigenvalue weighted by atomic mass is 9.66. The van der Waals surface area contributed by atoms with Gasteiger partial charge in [-0.05, 0) is 108 Å². The lowest BCUT2D eigenvalue weighted by molar-refractivity contribution is 0.597. The van der Waals surface area contributed by atoms with Crippen molar-refractivity contribution in [3.63, 3.8) is 0 Å². The second kappa shape index (κ2) is 9.10. The van der Waals surface area contributed by atoms with E-state index in [2.05, 4.69) is 136 Å². The van der Waals surface area contributed by atoms with E-state index >= 15 is 0 Å². The number of nitriles is 1. The minimum Gasteiger partial charge on any atom is -0.310 e. The fourth-order valence-corrected chi connectivity index (χ4v) is 7.22. The van der Waals surface area contributed by atoms with Crippen LogP contribution in [-0.4, -0.2) is 0 Å². The van der Waals surface area contributed by atoms with Gasteiger partial charge in [0.1, 0.15) is 0 Å². The number of benzene rings is 5. The third-order valence-electron chi connectivity index (χ3n) is 9.30. The molecule has 5 aromatic rings. The lowest BCUT2D eigenvalue weighted by Gasteiger charge is -2.49. The standard InChI is InChI=1S/C39H35N3/c1-25-20-26(2)22-30(21-25)41(28-16-14-27(24-40)15-17-28)29-18-19-36-34(23-29)39(5,6)33-12-9-11-32-37(33)42(36)35-13-8-7-10-31(35)38(32,3)4/h7-23H,1-6H3. The number of hydrogen-bond donors (Lipinski definition) is 0. The second-order valence-electron chi connectivity index (χ2n) is 12.8. The van der Waals surface area contributed by atoms with E-state index in [1.807, 2.05) is 24.3 Å². The fraction of sp³-hybridized carbons (Fsp3) is 0.205. The molecule has 0 bridgehead atoms. The van der Waals surface area contributed by atoms with E-state index in [9.17, 15) is 5.26 Å². The van der Waals surface area contributed by atoms with Gasteiger partial charge in [-0.2, -0.15) is 5.26 Å². The quantitative estimate of drug-likeness (QED) is 0.226.